The zero-order valence-electron chi connectivity index (χ0n) is 18.2. The highest BCUT2D eigenvalue weighted by Gasteiger charge is 2.28. The number of ether oxygens (including phenoxy) is 1. The van der Waals surface area contributed by atoms with E-state index < -0.39 is 9.84 Å². The summed E-state index contributed by atoms with van der Waals surface area (Å²) in [6, 6.07) is 21.8. The molecular formula is C25H23BrN2O4S. The van der Waals surface area contributed by atoms with Gasteiger partial charge in [-0.2, -0.15) is 4.98 Å². The van der Waals surface area contributed by atoms with Crippen molar-refractivity contribution in [2.24, 2.45) is 0 Å². The van der Waals surface area contributed by atoms with Gasteiger partial charge in [-0.15, -0.1) is 0 Å². The smallest absolute Gasteiger partial charge is 0.233 e. The Hall–Kier alpha value is -3.10. The Kier molecular flexibility index (Phi) is 6.85. The molecule has 1 aromatic heterocycles. The van der Waals surface area contributed by atoms with Gasteiger partial charge in [0.1, 0.15) is 5.75 Å². The van der Waals surface area contributed by atoms with Crippen molar-refractivity contribution in [3.05, 3.63) is 88.4 Å². The molecule has 6 nitrogen and oxygen atoms in total. The van der Waals surface area contributed by atoms with Gasteiger partial charge in [-0.05, 0) is 66.9 Å². The number of sulfone groups is 1. The van der Waals surface area contributed by atoms with E-state index in [1.54, 1.807) is 31.4 Å². The van der Waals surface area contributed by atoms with Gasteiger partial charge in [0.05, 0.1) is 12.0 Å². The summed E-state index contributed by atoms with van der Waals surface area (Å²) in [6.07, 6.45) is 0.669. The number of rotatable bonds is 8. The summed E-state index contributed by atoms with van der Waals surface area (Å²) >= 11 is 3.34. The first kappa shape index (κ1) is 23.1. The zero-order valence-corrected chi connectivity index (χ0v) is 20.6. The second-order valence-corrected chi connectivity index (χ2v) is 10.2. The molecule has 0 amide bonds. The molecule has 0 aliphatic carbocycles. The summed E-state index contributed by atoms with van der Waals surface area (Å²) < 4.78 is 38.8. The first-order valence-corrected chi connectivity index (χ1v) is 12.6. The van der Waals surface area contributed by atoms with Gasteiger partial charge in [-0.25, -0.2) is 8.42 Å². The largest absolute Gasteiger partial charge is 0.497 e. The normalized spacial score (nSPS) is 11.4. The Morgan fingerprint density at radius 2 is 1.70 bits per heavy atom. The van der Waals surface area contributed by atoms with E-state index in [4.69, 9.17) is 9.15 Å². The van der Waals surface area contributed by atoms with Crippen molar-refractivity contribution in [3.63, 3.8) is 0 Å². The van der Waals surface area contributed by atoms with E-state index in [2.05, 4.69) is 26.2 Å². The molecule has 0 atom stereocenters. The zero-order chi connectivity index (χ0) is 23.4. The molecule has 3 aromatic carbocycles. The number of anilines is 1. The highest BCUT2D eigenvalue weighted by Crippen LogP contribution is 2.33. The molecule has 0 saturated carbocycles. The Balaban J connectivity index is 1.66. The number of hydrogen-bond acceptors (Lipinski definition) is 6. The molecule has 33 heavy (non-hydrogen) atoms. The van der Waals surface area contributed by atoms with Gasteiger partial charge >= 0.3 is 0 Å². The molecule has 0 bridgehead atoms. The summed E-state index contributed by atoms with van der Waals surface area (Å²) in [6.45, 7) is 2.40. The van der Waals surface area contributed by atoms with Crippen LogP contribution in [0.5, 0.6) is 5.75 Å². The summed E-state index contributed by atoms with van der Waals surface area (Å²) in [4.78, 5) is 4.56. The topological polar surface area (TPSA) is 81.4 Å². The van der Waals surface area contributed by atoms with Crippen LogP contribution in [0.15, 0.2) is 91.6 Å². The van der Waals surface area contributed by atoms with Crippen molar-refractivity contribution in [2.75, 3.05) is 19.0 Å². The highest BCUT2D eigenvalue weighted by atomic mass is 79.9. The maximum Gasteiger partial charge on any atom is 0.233 e. The van der Waals surface area contributed by atoms with Crippen LogP contribution in [0.1, 0.15) is 11.1 Å². The van der Waals surface area contributed by atoms with E-state index in [1.165, 1.54) is 0 Å². The number of benzene rings is 3. The molecule has 0 aliphatic rings. The molecule has 4 rings (SSSR count). The van der Waals surface area contributed by atoms with Crippen LogP contribution in [0.2, 0.25) is 0 Å². The number of nitrogens with one attached hydrogen (secondary N) is 1. The molecule has 0 spiro atoms. The van der Waals surface area contributed by atoms with Crippen LogP contribution in [0.4, 0.5) is 5.88 Å². The van der Waals surface area contributed by atoms with Gasteiger partial charge < -0.3 is 14.5 Å². The lowest BCUT2D eigenvalue weighted by Crippen LogP contribution is -2.09. The third kappa shape index (κ3) is 5.12. The van der Waals surface area contributed by atoms with Gasteiger partial charge in [0.25, 0.3) is 0 Å². The Bertz CT molecular complexity index is 1350. The maximum atomic E-state index is 13.4. The van der Waals surface area contributed by atoms with E-state index in [9.17, 15) is 8.42 Å². The lowest BCUT2D eigenvalue weighted by atomic mass is 10.1. The van der Waals surface area contributed by atoms with Crippen LogP contribution in [0, 0.1) is 6.92 Å². The SMILES string of the molecule is COc1ccc(CCNc2oc(-c3ccccc3C)nc2S(=O)(=O)c2ccc(Br)cc2)cc1. The monoisotopic (exact) mass is 526 g/mol. The lowest BCUT2D eigenvalue weighted by Gasteiger charge is -2.07. The standard InChI is InChI=1S/C25H23BrN2O4S/c1-17-5-3-4-6-22(17)23-28-25(33(29,30)21-13-9-19(26)10-14-21)24(32-23)27-16-15-18-7-11-20(31-2)12-8-18/h3-14,27H,15-16H2,1-2H3. The predicted octanol–water partition coefficient (Wildman–Crippen LogP) is 5.91. The fourth-order valence-electron chi connectivity index (χ4n) is 3.37. The quantitative estimate of drug-likeness (QED) is 0.307. The summed E-state index contributed by atoms with van der Waals surface area (Å²) in [5.41, 5.74) is 2.77. The van der Waals surface area contributed by atoms with Crippen molar-refractivity contribution < 1.29 is 17.6 Å². The molecule has 1 heterocycles. The van der Waals surface area contributed by atoms with Crippen LogP contribution < -0.4 is 10.1 Å². The fraction of sp³-hybridized carbons (Fsp3) is 0.160. The second kappa shape index (κ2) is 9.80. The number of aromatic nitrogens is 1. The summed E-state index contributed by atoms with van der Waals surface area (Å²) in [5, 5.41) is 3.01. The number of hydrogen-bond donors (Lipinski definition) is 1. The average Bonchev–Trinajstić information content (AvgIpc) is 3.25. The van der Waals surface area contributed by atoms with E-state index in [0.717, 1.165) is 26.9 Å². The average molecular weight is 527 g/mol. The van der Waals surface area contributed by atoms with E-state index in [-0.39, 0.29) is 21.7 Å². The minimum atomic E-state index is -3.90. The molecule has 170 valence electrons. The first-order valence-electron chi connectivity index (χ1n) is 10.3. The highest BCUT2D eigenvalue weighted by molar-refractivity contribution is 9.10. The number of nitrogens with zero attached hydrogens (tertiary/aromatic N) is 1. The second-order valence-electron chi connectivity index (χ2n) is 7.45. The molecule has 8 heteroatoms. The number of methoxy groups -OCH3 is 1. The van der Waals surface area contributed by atoms with Crippen molar-refractivity contribution in [1.29, 1.82) is 0 Å². The number of oxazole rings is 1. The fourth-order valence-corrected chi connectivity index (χ4v) is 4.91. The van der Waals surface area contributed by atoms with Crippen molar-refractivity contribution in [1.82, 2.24) is 4.98 Å². The molecule has 4 aromatic rings. The molecule has 1 N–H and O–H groups in total. The Morgan fingerprint density at radius 3 is 2.36 bits per heavy atom. The van der Waals surface area contributed by atoms with Crippen molar-refractivity contribution >= 4 is 31.7 Å². The molecule has 0 saturated heterocycles. The minimum absolute atomic E-state index is 0.127. The van der Waals surface area contributed by atoms with Crippen LogP contribution in [0.3, 0.4) is 0 Å². The van der Waals surface area contributed by atoms with Crippen LogP contribution in [0.25, 0.3) is 11.5 Å². The molecular weight excluding hydrogens is 504 g/mol. The van der Waals surface area contributed by atoms with E-state index in [1.807, 2.05) is 55.5 Å². The molecule has 0 radical (unpaired) electrons. The molecule has 0 fully saturated rings. The third-order valence-electron chi connectivity index (χ3n) is 5.21. The van der Waals surface area contributed by atoms with Gasteiger partial charge in [0.2, 0.25) is 26.6 Å². The summed E-state index contributed by atoms with van der Waals surface area (Å²) in [7, 11) is -2.27. The molecule has 0 aliphatic heterocycles. The lowest BCUT2D eigenvalue weighted by molar-refractivity contribution is 0.414. The predicted molar refractivity (Wildman–Crippen MR) is 131 cm³/mol. The minimum Gasteiger partial charge on any atom is -0.497 e. The third-order valence-corrected chi connectivity index (χ3v) is 7.42. The van der Waals surface area contributed by atoms with Crippen LogP contribution >= 0.6 is 15.9 Å². The Morgan fingerprint density at radius 1 is 1.00 bits per heavy atom. The summed E-state index contributed by atoms with van der Waals surface area (Å²) in [5.74, 6) is 1.17. The van der Waals surface area contributed by atoms with Crippen LogP contribution in [-0.4, -0.2) is 27.1 Å². The maximum absolute atomic E-state index is 13.4. The van der Waals surface area contributed by atoms with Crippen molar-refractivity contribution in [3.8, 4) is 17.2 Å². The Labute approximate surface area is 201 Å². The van der Waals surface area contributed by atoms with Gasteiger partial charge in [0.15, 0.2) is 0 Å². The van der Waals surface area contributed by atoms with Gasteiger partial charge in [-0.3, -0.25) is 0 Å². The first-order chi connectivity index (χ1) is 15.9. The number of halogens is 1. The van der Waals surface area contributed by atoms with E-state index >= 15 is 0 Å². The molecule has 0 unspecified atom stereocenters. The van der Waals surface area contributed by atoms with Gasteiger partial charge in [0, 0.05) is 16.6 Å². The number of aryl methyl sites for hydroxylation is 1. The van der Waals surface area contributed by atoms with Crippen molar-refractivity contribution in [2.45, 2.75) is 23.3 Å². The van der Waals surface area contributed by atoms with Crippen LogP contribution in [-0.2, 0) is 16.3 Å². The van der Waals surface area contributed by atoms with Gasteiger partial charge in [-0.1, -0.05) is 46.3 Å². The van der Waals surface area contributed by atoms with E-state index in [0.29, 0.717) is 13.0 Å².